The van der Waals surface area contributed by atoms with Gasteiger partial charge in [-0.15, -0.1) is 11.3 Å². The van der Waals surface area contributed by atoms with E-state index in [0.29, 0.717) is 13.0 Å². The predicted octanol–water partition coefficient (Wildman–Crippen LogP) is 1.47. The molecule has 6 nitrogen and oxygen atoms in total. The second-order valence-electron chi connectivity index (χ2n) is 6.08. The van der Waals surface area contributed by atoms with Gasteiger partial charge >= 0.3 is 0 Å². The molecule has 0 bridgehead atoms. The molecule has 2 aliphatic rings. The van der Waals surface area contributed by atoms with E-state index in [1.807, 2.05) is 17.5 Å². The van der Waals surface area contributed by atoms with Gasteiger partial charge < -0.3 is 14.9 Å². The Hall–Kier alpha value is -1.44. The highest BCUT2D eigenvalue weighted by atomic mass is 32.1. The highest BCUT2D eigenvalue weighted by Gasteiger charge is 2.42. The summed E-state index contributed by atoms with van der Waals surface area (Å²) in [7, 11) is 0. The number of oxime groups is 1. The van der Waals surface area contributed by atoms with Crippen molar-refractivity contribution in [2.45, 2.75) is 25.4 Å². The molecule has 0 spiro atoms. The van der Waals surface area contributed by atoms with Crippen LogP contribution in [0, 0.1) is 0 Å². The molecule has 3 heterocycles. The van der Waals surface area contributed by atoms with Crippen molar-refractivity contribution in [3.63, 3.8) is 0 Å². The Bertz CT molecular complexity index is 555. The average molecular weight is 337 g/mol. The minimum atomic E-state index is -0.891. The Morgan fingerprint density at radius 2 is 2.30 bits per heavy atom. The van der Waals surface area contributed by atoms with Crippen molar-refractivity contribution >= 4 is 23.0 Å². The van der Waals surface area contributed by atoms with Gasteiger partial charge in [0, 0.05) is 26.1 Å². The molecule has 23 heavy (non-hydrogen) atoms. The fourth-order valence-electron chi connectivity index (χ4n) is 2.75. The molecular formula is C16H23N3O3S. The maximum atomic E-state index is 12.4. The summed E-state index contributed by atoms with van der Waals surface area (Å²) >= 11 is 1.61. The highest BCUT2D eigenvalue weighted by Crippen LogP contribution is 2.28. The average Bonchev–Trinajstić information content (AvgIpc) is 3.22. The van der Waals surface area contributed by atoms with Gasteiger partial charge in [0.1, 0.15) is 5.71 Å². The second kappa shape index (κ2) is 7.42. The van der Waals surface area contributed by atoms with Crippen LogP contribution >= 0.6 is 11.3 Å². The van der Waals surface area contributed by atoms with Crippen molar-refractivity contribution in [1.29, 1.82) is 0 Å². The summed E-state index contributed by atoms with van der Waals surface area (Å²) in [6, 6.07) is 3.97. The lowest BCUT2D eigenvalue weighted by molar-refractivity contribution is -0.141. The van der Waals surface area contributed by atoms with Crippen molar-refractivity contribution in [3.05, 3.63) is 22.4 Å². The topological polar surface area (TPSA) is 63.2 Å². The third kappa shape index (κ3) is 4.10. The lowest BCUT2D eigenvalue weighted by Crippen LogP contribution is -2.45. The molecule has 1 atom stereocenters. The van der Waals surface area contributed by atoms with Gasteiger partial charge in [0.2, 0.25) is 5.60 Å². The zero-order chi connectivity index (χ0) is 16.1. The molecule has 1 saturated heterocycles. The molecule has 7 heteroatoms. The van der Waals surface area contributed by atoms with Crippen LogP contribution in [0.1, 0.15) is 24.6 Å². The minimum absolute atomic E-state index is 0.0882. The second-order valence-corrected chi connectivity index (χ2v) is 7.03. The van der Waals surface area contributed by atoms with E-state index in [1.54, 1.807) is 18.3 Å². The first-order chi connectivity index (χ1) is 11.2. The van der Waals surface area contributed by atoms with Crippen LogP contribution in [0.5, 0.6) is 0 Å². The number of morpholine rings is 1. The van der Waals surface area contributed by atoms with Crippen molar-refractivity contribution in [2.24, 2.45) is 5.16 Å². The number of hydrogen-bond donors (Lipinski definition) is 1. The first-order valence-electron chi connectivity index (χ1n) is 8.05. The third-order valence-electron chi connectivity index (χ3n) is 4.19. The number of carbonyl (C=O) groups is 1. The molecule has 2 aliphatic heterocycles. The molecule has 0 saturated carbocycles. The van der Waals surface area contributed by atoms with E-state index >= 15 is 0 Å². The number of amides is 1. The molecular weight excluding hydrogens is 314 g/mol. The molecule has 1 amide bonds. The van der Waals surface area contributed by atoms with Crippen LogP contribution in [0.2, 0.25) is 0 Å². The van der Waals surface area contributed by atoms with Gasteiger partial charge in [-0.1, -0.05) is 11.2 Å². The molecule has 0 radical (unpaired) electrons. The number of rotatable bonds is 6. The van der Waals surface area contributed by atoms with Gasteiger partial charge in [0.15, 0.2) is 0 Å². The molecule has 0 aliphatic carbocycles. The van der Waals surface area contributed by atoms with Gasteiger partial charge in [-0.3, -0.25) is 9.69 Å². The summed E-state index contributed by atoms with van der Waals surface area (Å²) in [6.45, 7) is 7.01. The Morgan fingerprint density at radius 3 is 3.04 bits per heavy atom. The zero-order valence-electron chi connectivity index (χ0n) is 13.4. The predicted molar refractivity (Wildman–Crippen MR) is 89.8 cm³/mol. The van der Waals surface area contributed by atoms with E-state index in [-0.39, 0.29) is 5.91 Å². The molecule has 0 aromatic carbocycles. The number of ether oxygens (including phenoxy) is 1. The Kier molecular flexibility index (Phi) is 5.30. The quantitative estimate of drug-likeness (QED) is 0.799. The van der Waals surface area contributed by atoms with Gasteiger partial charge in [-0.25, -0.2) is 0 Å². The normalized spacial score (nSPS) is 25.0. The van der Waals surface area contributed by atoms with Crippen molar-refractivity contribution in [3.8, 4) is 0 Å². The lowest BCUT2D eigenvalue weighted by Gasteiger charge is -2.26. The maximum absolute atomic E-state index is 12.4. The van der Waals surface area contributed by atoms with Gasteiger partial charge in [-0.2, -0.15) is 0 Å². The van der Waals surface area contributed by atoms with Crippen molar-refractivity contribution in [1.82, 2.24) is 10.2 Å². The van der Waals surface area contributed by atoms with E-state index in [9.17, 15) is 4.79 Å². The smallest absolute Gasteiger partial charge is 0.267 e. The van der Waals surface area contributed by atoms with Crippen LogP contribution in [0.15, 0.2) is 22.7 Å². The number of hydrogen-bond acceptors (Lipinski definition) is 6. The number of nitrogens with zero attached hydrogens (tertiary/aromatic N) is 2. The van der Waals surface area contributed by atoms with E-state index in [0.717, 1.165) is 49.9 Å². The fourth-order valence-corrected chi connectivity index (χ4v) is 3.46. The third-order valence-corrected chi connectivity index (χ3v) is 5.11. The standard InChI is InChI=1S/C16H23N3O3S/c1-16(12-13(18-22-16)14-4-2-11-23-14)15(20)17-5-3-6-19-7-9-21-10-8-19/h2,4,11H,3,5-10,12H2,1H3,(H,17,20)/t16-/m1/s1. The summed E-state index contributed by atoms with van der Waals surface area (Å²) in [5, 5.41) is 9.08. The number of thiophene rings is 1. The monoisotopic (exact) mass is 337 g/mol. The minimum Gasteiger partial charge on any atom is -0.379 e. The Balaban J connectivity index is 1.40. The SMILES string of the molecule is C[C@]1(C(=O)NCCCN2CCOCC2)CC(c2cccs2)=NO1. The highest BCUT2D eigenvalue weighted by molar-refractivity contribution is 7.12. The van der Waals surface area contributed by atoms with E-state index < -0.39 is 5.60 Å². The molecule has 0 unspecified atom stereocenters. The van der Waals surface area contributed by atoms with Gasteiger partial charge in [0.25, 0.3) is 5.91 Å². The molecule has 3 rings (SSSR count). The van der Waals surface area contributed by atoms with Crippen LogP contribution in [-0.4, -0.2) is 61.5 Å². The largest absolute Gasteiger partial charge is 0.379 e. The number of nitrogens with one attached hydrogen (secondary N) is 1. The van der Waals surface area contributed by atoms with Crippen LogP contribution in [-0.2, 0) is 14.4 Å². The van der Waals surface area contributed by atoms with Gasteiger partial charge in [-0.05, 0) is 31.3 Å². The molecule has 1 N–H and O–H groups in total. The number of carbonyl (C=O) groups excluding carboxylic acids is 1. The maximum Gasteiger partial charge on any atom is 0.267 e. The first-order valence-corrected chi connectivity index (χ1v) is 8.93. The van der Waals surface area contributed by atoms with Crippen LogP contribution in [0.25, 0.3) is 0 Å². The summed E-state index contributed by atoms with van der Waals surface area (Å²) < 4.78 is 5.33. The van der Waals surface area contributed by atoms with E-state index in [4.69, 9.17) is 9.57 Å². The molecule has 1 aromatic heterocycles. The fraction of sp³-hybridized carbons (Fsp3) is 0.625. The summed E-state index contributed by atoms with van der Waals surface area (Å²) in [6.07, 6.45) is 1.45. The summed E-state index contributed by atoms with van der Waals surface area (Å²) in [5.74, 6) is -0.0882. The van der Waals surface area contributed by atoms with Crippen LogP contribution in [0.4, 0.5) is 0 Å². The van der Waals surface area contributed by atoms with Gasteiger partial charge in [0.05, 0.1) is 18.1 Å². The van der Waals surface area contributed by atoms with Crippen LogP contribution in [0.3, 0.4) is 0 Å². The lowest BCUT2D eigenvalue weighted by atomic mass is 9.98. The zero-order valence-corrected chi connectivity index (χ0v) is 14.2. The summed E-state index contributed by atoms with van der Waals surface area (Å²) in [4.78, 5) is 21.3. The van der Waals surface area contributed by atoms with Crippen molar-refractivity contribution < 1.29 is 14.4 Å². The summed E-state index contributed by atoms with van der Waals surface area (Å²) in [5.41, 5.74) is -0.0378. The van der Waals surface area contributed by atoms with Crippen molar-refractivity contribution in [2.75, 3.05) is 39.4 Å². The molecule has 1 aromatic rings. The molecule has 1 fully saturated rings. The Morgan fingerprint density at radius 1 is 1.48 bits per heavy atom. The first kappa shape index (κ1) is 16.4. The van der Waals surface area contributed by atoms with Crippen LogP contribution < -0.4 is 5.32 Å². The van der Waals surface area contributed by atoms with E-state index in [1.165, 1.54) is 0 Å². The van der Waals surface area contributed by atoms with E-state index in [2.05, 4.69) is 15.4 Å². The molecule has 126 valence electrons. The Labute approximate surface area is 140 Å².